The molecule has 0 aliphatic heterocycles. The van der Waals surface area contributed by atoms with E-state index in [1.807, 2.05) is 6.07 Å². The van der Waals surface area contributed by atoms with E-state index in [0.29, 0.717) is 35.9 Å². The molecule has 138 valence electrons. The Morgan fingerprint density at radius 2 is 2.04 bits per heavy atom. The van der Waals surface area contributed by atoms with Gasteiger partial charge in [0.05, 0.1) is 14.2 Å². The minimum absolute atomic E-state index is 0.0174. The first-order valence-electron chi connectivity index (χ1n) is 9.01. The maximum atomic E-state index is 12.8. The summed E-state index contributed by atoms with van der Waals surface area (Å²) < 4.78 is 10.8. The highest BCUT2D eigenvalue weighted by Gasteiger charge is 2.25. The number of rotatable bonds is 8. The van der Waals surface area contributed by atoms with Crippen LogP contribution in [0.25, 0.3) is 0 Å². The SMILES string of the molecule is C=CCc1cc(C(=O)NC(CN)C2CCCCC2)cc(OC)c1OC. The third-order valence-electron chi connectivity index (χ3n) is 4.97. The highest BCUT2D eigenvalue weighted by molar-refractivity contribution is 5.95. The minimum atomic E-state index is -0.118. The van der Waals surface area contributed by atoms with Gasteiger partial charge in [0, 0.05) is 23.7 Å². The number of ether oxygens (including phenoxy) is 2. The number of nitrogens with one attached hydrogen (secondary N) is 1. The summed E-state index contributed by atoms with van der Waals surface area (Å²) in [6.45, 7) is 4.23. The largest absolute Gasteiger partial charge is 0.493 e. The molecule has 3 N–H and O–H groups in total. The zero-order valence-electron chi connectivity index (χ0n) is 15.3. The van der Waals surface area contributed by atoms with E-state index >= 15 is 0 Å². The lowest BCUT2D eigenvalue weighted by molar-refractivity contribution is 0.0915. The molecule has 1 fully saturated rings. The second kappa shape index (κ2) is 9.47. The van der Waals surface area contributed by atoms with Crippen molar-refractivity contribution in [2.45, 2.75) is 44.6 Å². The summed E-state index contributed by atoms with van der Waals surface area (Å²) in [6.07, 6.45) is 8.37. The van der Waals surface area contributed by atoms with Crippen LogP contribution >= 0.6 is 0 Å². The van der Waals surface area contributed by atoms with Gasteiger partial charge in [-0.3, -0.25) is 4.79 Å². The van der Waals surface area contributed by atoms with Crippen molar-refractivity contribution >= 4 is 5.91 Å². The molecule has 0 heterocycles. The standard InChI is InChI=1S/C20H30N2O3/c1-4-8-15-11-16(12-18(24-2)19(15)25-3)20(23)22-17(13-21)14-9-6-5-7-10-14/h4,11-12,14,17H,1,5-10,13,21H2,2-3H3,(H,22,23). The van der Waals surface area contributed by atoms with Crippen molar-refractivity contribution in [2.24, 2.45) is 11.7 Å². The molecule has 5 heteroatoms. The van der Waals surface area contributed by atoms with Gasteiger partial charge in [-0.25, -0.2) is 0 Å². The number of methoxy groups -OCH3 is 2. The Morgan fingerprint density at radius 1 is 1.32 bits per heavy atom. The minimum Gasteiger partial charge on any atom is -0.493 e. The first-order chi connectivity index (χ1) is 12.1. The number of carbonyl (C=O) groups is 1. The van der Waals surface area contributed by atoms with Crippen LogP contribution in [0.1, 0.15) is 48.0 Å². The summed E-state index contributed by atoms with van der Waals surface area (Å²) in [5.41, 5.74) is 7.37. The van der Waals surface area contributed by atoms with Crippen molar-refractivity contribution in [3.63, 3.8) is 0 Å². The average Bonchev–Trinajstić information content (AvgIpc) is 2.66. The molecule has 1 unspecified atom stereocenters. The molecule has 1 aliphatic carbocycles. The topological polar surface area (TPSA) is 73.6 Å². The lowest BCUT2D eigenvalue weighted by Crippen LogP contribution is -2.45. The molecule has 0 radical (unpaired) electrons. The molecule has 25 heavy (non-hydrogen) atoms. The molecule has 0 aromatic heterocycles. The summed E-state index contributed by atoms with van der Waals surface area (Å²) >= 11 is 0. The van der Waals surface area contributed by atoms with Crippen LogP contribution in [0.2, 0.25) is 0 Å². The van der Waals surface area contributed by atoms with Crippen molar-refractivity contribution < 1.29 is 14.3 Å². The summed E-state index contributed by atoms with van der Waals surface area (Å²) in [5.74, 6) is 1.54. The van der Waals surface area contributed by atoms with Crippen LogP contribution in [0.15, 0.2) is 24.8 Å². The van der Waals surface area contributed by atoms with Crippen LogP contribution in [0, 0.1) is 5.92 Å². The predicted octanol–water partition coefficient (Wildman–Crippen LogP) is 3.07. The number of hydrogen-bond acceptors (Lipinski definition) is 4. The van der Waals surface area contributed by atoms with Gasteiger partial charge >= 0.3 is 0 Å². The number of carbonyl (C=O) groups excluding carboxylic acids is 1. The van der Waals surface area contributed by atoms with Gasteiger partial charge in [0.1, 0.15) is 0 Å². The monoisotopic (exact) mass is 346 g/mol. The zero-order chi connectivity index (χ0) is 18.2. The maximum absolute atomic E-state index is 12.8. The van der Waals surface area contributed by atoms with Crippen LogP contribution in [0.4, 0.5) is 0 Å². The van der Waals surface area contributed by atoms with Gasteiger partial charge in [0.25, 0.3) is 5.91 Å². The van der Waals surface area contributed by atoms with E-state index in [1.54, 1.807) is 26.4 Å². The fraction of sp³-hybridized carbons (Fsp3) is 0.550. The van der Waals surface area contributed by atoms with E-state index in [-0.39, 0.29) is 11.9 Å². The zero-order valence-corrected chi connectivity index (χ0v) is 15.3. The van der Waals surface area contributed by atoms with Gasteiger partial charge in [-0.15, -0.1) is 6.58 Å². The number of nitrogens with two attached hydrogens (primary N) is 1. The molecule has 1 aliphatic rings. The van der Waals surface area contributed by atoms with Gasteiger partial charge in [-0.05, 0) is 37.3 Å². The summed E-state index contributed by atoms with van der Waals surface area (Å²) in [6, 6.07) is 3.57. The predicted molar refractivity (Wildman–Crippen MR) is 100 cm³/mol. The Labute approximate surface area is 150 Å². The normalized spacial score (nSPS) is 16.1. The van der Waals surface area contributed by atoms with Crippen LogP contribution in [-0.4, -0.2) is 32.7 Å². The van der Waals surface area contributed by atoms with Gasteiger partial charge in [0.15, 0.2) is 11.5 Å². The lowest BCUT2D eigenvalue weighted by Gasteiger charge is -2.30. The van der Waals surface area contributed by atoms with Crippen molar-refractivity contribution in [3.05, 3.63) is 35.9 Å². The Morgan fingerprint density at radius 3 is 2.60 bits per heavy atom. The fourth-order valence-corrected chi connectivity index (χ4v) is 3.64. The molecule has 5 nitrogen and oxygen atoms in total. The van der Waals surface area contributed by atoms with E-state index in [9.17, 15) is 4.79 Å². The van der Waals surface area contributed by atoms with Gasteiger partial charge in [-0.1, -0.05) is 25.3 Å². The molecule has 1 aromatic carbocycles. The summed E-state index contributed by atoms with van der Waals surface area (Å²) in [7, 11) is 3.17. The molecular formula is C20H30N2O3. The third kappa shape index (κ3) is 4.75. The van der Waals surface area contributed by atoms with Crippen LogP contribution in [0.5, 0.6) is 11.5 Å². The number of amides is 1. The Kier molecular flexibility index (Phi) is 7.31. The smallest absolute Gasteiger partial charge is 0.251 e. The molecule has 1 saturated carbocycles. The second-order valence-corrected chi connectivity index (χ2v) is 6.58. The molecular weight excluding hydrogens is 316 g/mol. The van der Waals surface area contributed by atoms with Crippen LogP contribution in [0.3, 0.4) is 0 Å². The van der Waals surface area contributed by atoms with E-state index in [4.69, 9.17) is 15.2 Å². The maximum Gasteiger partial charge on any atom is 0.251 e. The first kappa shape index (κ1) is 19.3. The molecule has 0 bridgehead atoms. The van der Waals surface area contributed by atoms with E-state index in [0.717, 1.165) is 18.4 Å². The quantitative estimate of drug-likeness (QED) is 0.710. The van der Waals surface area contributed by atoms with Crippen molar-refractivity contribution in [3.8, 4) is 11.5 Å². The Balaban J connectivity index is 2.22. The highest BCUT2D eigenvalue weighted by atomic mass is 16.5. The summed E-state index contributed by atoms with van der Waals surface area (Å²) in [4.78, 5) is 12.8. The molecule has 1 aromatic rings. The third-order valence-corrected chi connectivity index (χ3v) is 4.97. The first-order valence-corrected chi connectivity index (χ1v) is 9.01. The van der Waals surface area contributed by atoms with Crippen molar-refractivity contribution in [2.75, 3.05) is 20.8 Å². The van der Waals surface area contributed by atoms with Crippen LogP contribution < -0.4 is 20.5 Å². The van der Waals surface area contributed by atoms with Gasteiger partial charge < -0.3 is 20.5 Å². The molecule has 0 spiro atoms. The van der Waals surface area contributed by atoms with E-state index in [1.165, 1.54) is 19.3 Å². The summed E-state index contributed by atoms with van der Waals surface area (Å²) in [5, 5.41) is 3.12. The van der Waals surface area contributed by atoms with Crippen molar-refractivity contribution in [1.82, 2.24) is 5.32 Å². The fourth-order valence-electron chi connectivity index (χ4n) is 3.64. The second-order valence-electron chi connectivity index (χ2n) is 6.58. The number of hydrogen-bond donors (Lipinski definition) is 2. The molecule has 0 saturated heterocycles. The number of benzene rings is 1. The van der Waals surface area contributed by atoms with Gasteiger partial charge in [-0.2, -0.15) is 0 Å². The van der Waals surface area contributed by atoms with Gasteiger partial charge in [0.2, 0.25) is 0 Å². The molecule has 1 amide bonds. The Bertz CT molecular complexity index is 595. The molecule has 1 atom stereocenters. The molecule has 2 rings (SSSR count). The average molecular weight is 346 g/mol. The Hall–Kier alpha value is -2.01. The van der Waals surface area contributed by atoms with E-state index < -0.39 is 0 Å². The van der Waals surface area contributed by atoms with E-state index in [2.05, 4.69) is 11.9 Å². The lowest BCUT2D eigenvalue weighted by atomic mass is 9.84. The van der Waals surface area contributed by atoms with Crippen molar-refractivity contribution in [1.29, 1.82) is 0 Å². The van der Waals surface area contributed by atoms with Crippen LogP contribution in [-0.2, 0) is 6.42 Å². The number of allylic oxidation sites excluding steroid dienone is 1. The highest BCUT2D eigenvalue weighted by Crippen LogP contribution is 2.33.